The van der Waals surface area contributed by atoms with Gasteiger partial charge in [0.1, 0.15) is 33.5 Å². The van der Waals surface area contributed by atoms with E-state index in [0.29, 0.717) is 0 Å². The second-order valence-corrected chi connectivity index (χ2v) is 15.4. The first-order valence-electron chi connectivity index (χ1n) is 18.2. The van der Waals surface area contributed by atoms with E-state index in [0.717, 1.165) is 71.6 Å². The van der Waals surface area contributed by atoms with E-state index in [2.05, 4.69) is 133 Å². The average Bonchev–Trinajstić information content (AvgIpc) is 3.98. The summed E-state index contributed by atoms with van der Waals surface area (Å²) in [6.07, 6.45) is 0. The van der Waals surface area contributed by atoms with Crippen LogP contribution in [0.25, 0.3) is 130 Å². The third kappa shape index (κ3) is 3.75. The van der Waals surface area contributed by atoms with E-state index in [1.165, 1.54) is 58.2 Å². The highest BCUT2D eigenvalue weighted by Gasteiger charge is 2.21. The van der Waals surface area contributed by atoms with Gasteiger partial charge in [-0.15, -0.1) is 11.3 Å². The number of thiophene rings is 1. The van der Waals surface area contributed by atoms with Gasteiger partial charge in [0.05, 0.1) is 0 Å². The SMILES string of the molecule is c1ccc2c(c1)oc1ccc3oc4ccc(-c5c6ccccc6c(-c6ccc7c(c6)oc6ccc8sc9ccccc9c8c67)c6ccccc56)cc4c3c12. The Balaban J connectivity index is 1.07. The van der Waals surface area contributed by atoms with Gasteiger partial charge in [0, 0.05) is 52.5 Å². The van der Waals surface area contributed by atoms with Crippen molar-refractivity contribution in [2.24, 2.45) is 0 Å². The first-order valence-corrected chi connectivity index (χ1v) is 19.1. The van der Waals surface area contributed by atoms with E-state index < -0.39 is 0 Å². The topological polar surface area (TPSA) is 39.4 Å². The van der Waals surface area contributed by atoms with Crippen molar-refractivity contribution < 1.29 is 13.3 Å². The normalized spacial score (nSPS) is 12.4. The zero-order valence-electron chi connectivity index (χ0n) is 28.6. The highest BCUT2D eigenvalue weighted by atomic mass is 32.1. The maximum Gasteiger partial charge on any atom is 0.136 e. The molecule has 0 amide bonds. The molecule has 0 unspecified atom stereocenters. The summed E-state index contributed by atoms with van der Waals surface area (Å²) in [5.74, 6) is 0. The van der Waals surface area contributed by atoms with Crippen LogP contribution in [-0.2, 0) is 0 Å². The summed E-state index contributed by atoms with van der Waals surface area (Å²) in [7, 11) is 0. The third-order valence-electron chi connectivity index (χ3n) is 11.5. The van der Waals surface area contributed by atoms with Crippen molar-refractivity contribution in [1.29, 1.82) is 0 Å². The van der Waals surface area contributed by atoms with Crippen LogP contribution in [0.1, 0.15) is 0 Å². The third-order valence-corrected chi connectivity index (χ3v) is 12.6. The van der Waals surface area contributed by atoms with Crippen LogP contribution < -0.4 is 0 Å². The maximum atomic E-state index is 6.67. The van der Waals surface area contributed by atoms with Gasteiger partial charge in [-0.2, -0.15) is 0 Å². The average molecular weight is 707 g/mol. The number of fused-ring (bicyclic) bond motifs is 16. The van der Waals surface area contributed by atoms with Crippen molar-refractivity contribution in [3.63, 3.8) is 0 Å². The molecule has 0 bridgehead atoms. The molecule has 250 valence electrons. The van der Waals surface area contributed by atoms with Gasteiger partial charge in [-0.3, -0.25) is 0 Å². The van der Waals surface area contributed by atoms with E-state index >= 15 is 0 Å². The molecule has 9 aromatic carbocycles. The molecule has 0 saturated carbocycles. The predicted molar refractivity (Wildman–Crippen MR) is 227 cm³/mol. The van der Waals surface area contributed by atoms with E-state index in [1.54, 1.807) is 0 Å². The lowest BCUT2D eigenvalue weighted by molar-refractivity contribution is 0.663. The van der Waals surface area contributed by atoms with Crippen LogP contribution in [0.2, 0.25) is 0 Å². The van der Waals surface area contributed by atoms with Crippen molar-refractivity contribution >= 4 is 119 Å². The molecule has 0 fully saturated rings. The highest BCUT2D eigenvalue weighted by Crippen LogP contribution is 2.48. The second-order valence-electron chi connectivity index (χ2n) is 14.3. The zero-order valence-corrected chi connectivity index (χ0v) is 29.5. The molecule has 4 aromatic heterocycles. The van der Waals surface area contributed by atoms with Crippen LogP contribution >= 0.6 is 11.3 Å². The Morgan fingerprint density at radius 2 is 0.741 bits per heavy atom. The number of para-hydroxylation sites is 1. The quantitative estimate of drug-likeness (QED) is 0.168. The zero-order chi connectivity index (χ0) is 35.1. The summed E-state index contributed by atoms with van der Waals surface area (Å²) >= 11 is 1.84. The molecule has 4 heterocycles. The van der Waals surface area contributed by atoms with E-state index in [4.69, 9.17) is 13.3 Å². The Bertz CT molecular complexity index is 3680. The van der Waals surface area contributed by atoms with Crippen molar-refractivity contribution in [3.05, 3.63) is 158 Å². The fourth-order valence-electron chi connectivity index (χ4n) is 9.23. The molecular weight excluding hydrogens is 681 g/mol. The van der Waals surface area contributed by atoms with Crippen molar-refractivity contribution in [3.8, 4) is 22.3 Å². The lowest BCUT2D eigenvalue weighted by Crippen LogP contribution is -1.90. The van der Waals surface area contributed by atoms with Crippen molar-refractivity contribution in [1.82, 2.24) is 0 Å². The Kier molecular flexibility index (Phi) is 5.51. The van der Waals surface area contributed by atoms with Crippen LogP contribution in [0.5, 0.6) is 0 Å². The van der Waals surface area contributed by atoms with Gasteiger partial charge in [-0.25, -0.2) is 0 Å². The molecule has 0 N–H and O–H groups in total. The molecule has 0 aliphatic heterocycles. The molecule has 54 heavy (non-hydrogen) atoms. The summed E-state index contributed by atoms with van der Waals surface area (Å²) in [6.45, 7) is 0. The van der Waals surface area contributed by atoms with Crippen LogP contribution in [0.4, 0.5) is 0 Å². The monoisotopic (exact) mass is 706 g/mol. The molecular formula is C50H26O3S. The lowest BCUT2D eigenvalue weighted by atomic mass is 9.85. The lowest BCUT2D eigenvalue weighted by Gasteiger charge is -2.17. The smallest absolute Gasteiger partial charge is 0.136 e. The first-order chi connectivity index (χ1) is 26.8. The Hall–Kier alpha value is -6.88. The Morgan fingerprint density at radius 3 is 1.44 bits per heavy atom. The standard InChI is InChI=1S/C50H26O3S/c1-3-11-31-29(9-1)45(27-18-20-38-36(25-27)49-40(52-38)22-21-39-47(49)33-13-5-7-15-37(33)51-39)30-10-2-4-12-32(30)46(31)28-17-19-34-42(26-28)53-41-23-24-44-50(48(34)41)35-14-6-8-16-43(35)54-44/h1-26H. The molecule has 0 spiro atoms. The minimum atomic E-state index is 0.861. The summed E-state index contributed by atoms with van der Waals surface area (Å²) in [5.41, 5.74) is 10.00. The summed E-state index contributed by atoms with van der Waals surface area (Å²) < 4.78 is 22.0. The van der Waals surface area contributed by atoms with E-state index in [-0.39, 0.29) is 0 Å². The molecule has 0 aliphatic carbocycles. The summed E-state index contributed by atoms with van der Waals surface area (Å²) in [6, 6.07) is 56.4. The molecule has 3 nitrogen and oxygen atoms in total. The summed E-state index contributed by atoms with van der Waals surface area (Å²) in [5, 5.41) is 14.1. The molecule has 0 radical (unpaired) electrons. The fourth-order valence-corrected chi connectivity index (χ4v) is 10.3. The second kappa shape index (κ2) is 10.4. The van der Waals surface area contributed by atoms with Crippen LogP contribution in [0.3, 0.4) is 0 Å². The van der Waals surface area contributed by atoms with Gasteiger partial charge in [-0.1, -0.05) is 97.1 Å². The number of furan rings is 3. The number of hydrogen-bond acceptors (Lipinski definition) is 4. The molecule has 0 aliphatic rings. The molecule has 4 heteroatoms. The van der Waals surface area contributed by atoms with Gasteiger partial charge in [0.15, 0.2) is 0 Å². The van der Waals surface area contributed by atoms with Crippen molar-refractivity contribution in [2.45, 2.75) is 0 Å². The first kappa shape index (κ1) is 28.7. The van der Waals surface area contributed by atoms with E-state index in [9.17, 15) is 0 Å². The molecule has 0 saturated heterocycles. The molecule has 13 aromatic rings. The largest absolute Gasteiger partial charge is 0.456 e. The Labute approximate surface area is 310 Å². The molecule has 13 rings (SSSR count). The number of hydrogen-bond donors (Lipinski definition) is 0. The number of benzene rings is 9. The van der Waals surface area contributed by atoms with Gasteiger partial charge in [-0.05, 0) is 104 Å². The van der Waals surface area contributed by atoms with Crippen LogP contribution in [0.15, 0.2) is 171 Å². The van der Waals surface area contributed by atoms with E-state index in [1.807, 2.05) is 35.6 Å². The fraction of sp³-hybridized carbons (Fsp3) is 0. The van der Waals surface area contributed by atoms with Gasteiger partial charge in [0.25, 0.3) is 0 Å². The summed E-state index contributed by atoms with van der Waals surface area (Å²) in [4.78, 5) is 0. The predicted octanol–water partition coefficient (Wildman–Crippen LogP) is 15.4. The van der Waals surface area contributed by atoms with Gasteiger partial charge >= 0.3 is 0 Å². The van der Waals surface area contributed by atoms with Crippen molar-refractivity contribution in [2.75, 3.05) is 0 Å². The minimum absolute atomic E-state index is 0.861. The maximum absolute atomic E-state index is 6.67. The van der Waals surface area contributed by atoms with Crippen LogP contribution in [0, 0.1) is 0 Å². The number of rotatable bonds is 2. The minimum Gasteiger partial charge on any atom is -0.456 e. The highest BCUT2D eigenvalue weighted by molar-refractivity contribution is 7.26. The van der Waals surface area contributed by atoms with Crippen LogP contribution in [-0.4, -0.2) is 0 Å². The Morgan fingerprint density at radius 1 is 0.278 bits per heavy atom. The van der Waals surface area contributed by atoms with Gasteiger partial charge < -0.3 is 13.3 Å². The molecule has 0 atom stereocenters. The van der Waals surface area contributed by atoms with Gasteiger partial charge in [0.2, 0.25) is 0 Å².